The molecular weight excluding hydrogens is 172 g/mol. The third-order valence-corrected chi connectivity index (χ3v) is 1.15. The number of hydrogen-bond acceptors (Lipinski definition) is 3. The second kappa shape index (κ2) is 3.17. The Morgan fingerprint density at radius 3 is 2.00 bits per heavy atom. The van der Waals surface area contributed by atoms with Crippen LogP contribution >= 0.6 is 23.2 Å². The summed E-state index contributed by atoms with van der Waals surface area (Å²) in [5, 5.41) is 0.140. The number of halogens is 2. The first-order valence-electron chi connectivity index (χ1n) is 2.48. The topological polar surface area (TPSA) is 38.7 Å². The van der Waals surface area contributed by atoms with E-state index in [1.54, 1.807) is 0 Å². The van der Waals surface area contributed by atoms with E-state index >= 15 is 0 Å². The zero-order valence-electron chi connectivity index (χ0n) is 4.88. The molecule has 3 nitrogen and oxygen atoms in total. The molecule has 0 atom stereocenters. The highest BCUT2D eigenvalue weighted by Crippen LogP contribution is 2.05. The molecule has 0 saturated carbocycles. The number of aromatic nitrogens is 3. The molecule has 50 valence electrons. The standard InChI is InChI=1S/C4H2BCl2N3/c5-1-2-8-3(6)10-4(7)9-2/h1H2. The molecule has 0 unspecified atom stereocenters. The Labute approximate surface area is 69.2 Å². The van der Waals surface area contributed by atoms with Crippen molar-refractivity contribution >= 4 is 31.0 Å². The van der Waals surface area contributed by atoms with Crippen LogP contribution < -0.4 is 0 Å². The van der Waals surface area contributed by atoms with Gasteiger partial charge in [-0.05, 0) is 29.5 Å². The molecule has 0 amide bonds. The summed E-state index contributed by atoms with van der Waals surface area (Å²) in [4.78, 5) is 10.9. The molecule has 0 aromatic carbocycles. The molecule has 1 rings (SSSR count). The van der Waals surface area contributed by atoms with Gasteiger partial charge < -0.3 is 0 Å². The lowest BCUT2D eigenvalue weighted by atomic mass is 10.1. The predicted octanol–water partition coefficient (Wildman–Crippen LogP) is 0.847. The molecule has 0 aliphatic carbocycles. The molecule has 10 heavy (non-hydrogen) atoms. The third-order valence-electron chi connectivity index (χ3n) is 0.810. The fourth-order valence-corrected chi connectivity index (χ4v) is 0.854. The van der Waals surface area contributed by atoms with Gasteiger partial charge >= 0.3 is 0 Å². The predicted molar refractivity (Wildman–Crippen MR) is 39.3 cm³/mol. The van der Waals surface area contributed by atoms with Gasteiger partial charge in [0.15, 0.2) is 0 Å². The van der Waals surface area contributed by atoms with Crippen molar-refractivity contribution in [2.45, 2.75) is 6.32 Å². The molecule has 0 bridgehead atoms. The van der Waals surface area contributed by atoms with E-state index in [2.05, 4.69) is 15.0 Å². The van der Waals surface area contributed by atoms with Crippen molar-refractivity contribution in [1.82, 2.24) is 15.0 Å². The lowest BCUT2D eigenvalue weighted by Crippen LogP contribution is -1.97. The van der Waals surface area contributed by atoms with Crippen LogP contribution in [0.5, 0.6) is 0 Å². The summed E-state index contributed by atoms with van der Waals surface area (Å²) in [5.41, 5.74) is 0. The van der Waals surface area contributed by atoms with E-state index in [0.29, 0.717) is 5.82 Å². The monoisotopic (exact) mass is 173 g/mol. The maximum atomic E-state index is 5.43. The van der Waals surface area contributed by atoms with Crippen molar-refractivity contribution in [2.24, 2.45) is 0 Å². The summed E-state index contributed by atoms with van der Waals surface area (Å²) in [7, 11) is 5.22. The SMILES string of the molecule is [B]Cc1nc(Cl)nc(Cl)n1. The second-order valence-electron chi connectivity index (χ2n) is 1.49. The molecule has 0 spiro atoms. The van der Waals surface area contributed by atoms with Crippen molar-refractivity contribution in [3.05, 3.63) is 16.4 Å². The van der Waals surface area contributed by atoms with Gasteiger partial charge in [-0.3, -0.25) is 0 Å². The first-order valence-corrected chi connectivity index (χ1v) is 3.24. The van der Waals surface area contributed by atoms with Crippen molar-refractivity contribution in [3.8, 4) is 0 Å². The van der Waals surface area contributed by atoms with Crippen LogP contribution in [0.15, 0.2) is 0 Å². The van der Waals surface area contributed by atoms with E-state index in [4.69, 9.17) is 31.0 Å². The Morgan fingerprint density at radius 1 is 1.10 bits per heavy atom. The Balaban J connectivity index is 3.06. The van der Waals surface area contributed by atoms with E-state index in [1.165, 1.54) is 0 Å². The lowest BCUT2D eigenvalue weighted by molar-refractivity contribution is 0.959. The maximum absolute atomic E-state index is 5.43. The van der Waals surface area contributed by atoms with Crippen LogP contribution in [0.25, 0.3) is 0 Å². The van der Waals surface area contributed by atoms with Crippen molar-refractivity contribution < 1.29 is 0 Å². The number of nitrogens with zero attached hydrogens (tertiary/aromatic N) is 3. The highest BCUT2D eigenvalue weighted by atomic mass is 35.5. The van der Waals surface area contributed by atoms with Crippen molar-refractivity contribution in [3.63, 3.8) is 0 Å². The zero-order valence-corrected chi connectivity index (χ0v) is 6.39. The van der Waals surface area contributed by atoms with Gasteiger partial charge in [-0.2, -0.15) is 4.98 Å². The van der Waals surface area contributed by atoms with Crippen LogP contribution in [0, 0.1) is 0 Å². The molecule has 6 heteroatoms. The van der Waals surface area contributed by atoms with Gasteiger partial charge in [0.05, 0.1) is 7.85 Å². The summed E-state index contributed by atoms with van der Waals surface area (Å²) in [6.45, 7) is 0. The first-order chi connectivity index (χ1) is 4.72. The van der Waals surface area contributed by atoms with Crippen molar-refractivity contribution in [1.29, 1.82) is 0 Å². The summed E-state index contributed by atoms with van der Waals surface area (Å²) < 4.78 is 0. The van der Waals surface area contributed by atoms with Gasteiger partial charge in [-0.25, -0.2) is 9.97 Å². The van der Waals surface area contributed by atoms with Crippen LogP contribution in [0.4, 0.5) is 0 Å². The van der Waals surface area contributed by atoms with Crippen LogP contribution in [0.1, 0.15) is 5.82 Å². The van der Waals surface area contributed by atoms with Gasteiger partial charge in [-0.1, -0.05) is 0 Å². The number of hydrogen-bond donors (Lipinski definition) is 0. The quantitative estimate of drug-likeness (QED) is 0.592. The number of rotatable bonds is 1. The molecule has 0 saturated heterocycles. The lowest BCUT2D eigenvalue weighted by Gasteiger charge is -1.94. The first kappa shape index (κ1) is 7.76. The summed E-state index contributed by atoms with van der Waals surface area (Å²) in [6, 6.07) is 0. The molecular formula is C4H2BCl2N3. The second-order valence-corrected chi connectivity index (χ2v) is 2.17. The minimum absolute atomic E-state index is 0.0699. The minimum Gasteiger partial charge on any atom is -0.203 e. The van der Waals surface area contributed by atoms with Crippen LogP contribution in [-0.4, -0.2) is 22.8 Å². The molecule has 0 N–H and O–H groups in total. The van der Waals surface area contributed by atoms with E-state index in [9.17, 15) is 0 Å². The van der Waals surface area contributed by atoms with Gasteiger partial charge in [0.25, 0.3) is 0 Å². The van der Waals surface area contributed by atoms with Crippen molar-refractivity contribution in [2.75, 3.05) is 0 Å². The third kappa shape index (κ3) is 1.82. The summed E-state index contributed by atoms with van der Waals surface area (Å²) >= 11 is 10.9. The molecule has 1 aromatic rings. The van der Waals surface area contributed by atoms with Crippen LogP contribution in [0.3, 0.4) is 0 Å². The Morgan fingerprint density at radius 2 is 1.60 bits per heavy atom. The smallest absolute Gasteiger partial charge is 0.203 e. The molecule has 2 radical (unpaired) electrons. The molecule has 0 aliphatic rings. The average Bonchev–Trinajstić information content (AvgIpc) is 1.85. The van der Waals surface area contributed by atoms with Crippen LogP contribution in [0.2, 0.25) is 10.6 Å². The highest BCUT2D eigenvalue weighted by Gasteiger charge is 1.98. The van der Waals surface area contributed by atoms with Gasteiger partial charge in [0.1, 0.15) is 5.82 Å². The van der Waals surface area contributed by atoms with E-state index in [0.717, 1.165) is 0 Å². The summed E-state index contributed by atoms with van der Waals surface area (Å²) in [6.07, 6.45) is 0.210. The molecule has 1 heterocycles. The maximum Gasteiger partial charge on any atom is 0.226 e. The average molecular weight is 174 g/mol. The van der Waals surface area contributed by atoms with Gasteiger partial charge in [0.2, 0.25) is 10.6 Å². The van der Waals surface area contributed by atoms with E-state index < -0.39 is 0 Å². The molecule has 0 fully saturated rings. The summed E-state index contributed by atoms with van der Waals surface area (Å²) in [5.74, 6) is 0.394. The van der Waals surface area contributed by atoms with Gasteiger partial charge in [-0.15, -0.1) is 0 Å². The Hall–Kier alpha value is -0.345. The Bertz CT molecular complexity index is 222. The molecule has 0 aliphatic heterocycles. The minimum atomic E-state index is 0.0699. The fourth-order valence-electron chi connectivity index (χ4n) is 0.455. The van der Waals surface area contributed by atoms with E-state index in [-0.39, 0.29) is 16.9 Å². The van der Waals surface area contributed by atoms with Crippen LogP contribution in [-0.2, 0) is 6.32 Å². The van der Waals surface area contributed by atoms with E-state index in [1.807, 2.05) is 0 Å². The normalized spacial score (nSPS) is 9.80. The molecule has 1 aromatic heterocycles. The fraction of sp³-hybridized carbons (Fsp3) is 0.250. The Kier molecular flexibility index (Phi) is 2.46. The van der Waals surface area contributed by atoms with Gasteiger partial charge in [0, 0.05) is 0 Å². The zero-order chi connectivity index (χ0) is 7.56. The highest BCUT2D eigenvalue weighted by molar-refractivity contribution is 6.31. The largest absolute Gasteiger partial charge is 0.226 e.